The molecule has 0 heterocycles. The number of aliphatic carboxylic acids is 1. The van der Waals surface area contributed by atoms with Gasteiger partial charge >= 0.3 is 5.97 Å². The van der Waals surface area contributed by atoms with Gasteiger partial charge in [0.05, 0.1) is 11.8 Å². The molecule has 2 N–H and O–H groups in total. The SMILES string of the molecule is CC1CCCC(C(=O)O)C1C(=O)Nc1cc(Cl)cc(Cl)c1. The van der Waals surface area contributed by atoms with Crippen LogP contribution in [0.2, 0.25) is 10.0 Å². The van der Waals surface area contributed by atoms with Gasteiger partial charge in [0.2, 0.25) is 5.91 Å². The van der Waals surface area contributed by atoms with Crippen molar-refractivity contribution in [3.63, 3.8) is 0 Å². The average Bonchev–Trinajstić information content (AvgIpc) is 2.36. The molecule has 0 radical (unpaired) electrons. The molecule has 1 amide bonds. The van der Waals surface area contributed by atoms with Gasteiger partial charge in [-0.15, -0.1) is 0 Å². The lowest BCUT2D eigenvalue weighted by molar-refractivity contribution is -0.149. The third kappa shape index (κ3) is 3.89. The third-order valence-electron chi connectivity index (χ3n) is 3.97. The van der Waals surface area contributed by atoms with Crippen molar-refractivity contribution in [3.05, 3.63) is 28.2 Å². The molecule has 1 aromatic carbocycles. The smallest absolute Gasteiger partial charge is 0.307 e. The molecule has 1 aliphatic carbocycles. The Morgan fingerprint density at radius 2 is 1.81 bits per heavy atom. The second-order valence-corrected chi connectivity index (χ2v) is 6.40. The van der Waals surface area contributed by atoms with E-state index in [1.165, 1.54) is 0 Å². The summed E-state index contributed by atoms with van der Waals surface area (Å²) in [6.07, 6.45) is 2.23. The number of halogens is 2. The first-order chi connectivity index (χ1) is 9.88. The summed E-state index contributed by atoms with van der Waals surface area (Å²) in [4.78, 5) is 23.8. The zero-order valence-electron chi connectivity index (χ0n) is 11.6. The Hall–Kier alpha value is -1.26. The molecular formula is C15H17Cl2NO3. The molecule has 0 bridgehead atoms. The molecule has 4 nitrogen and oxygen atoms in total. The summed E-state index contributed by atoms with van der Waals surface area (Å²) in [6, 6.07) is 4.76. The largest absolute Gasteiger partial charge is 0.481 e. The first-order valence-corrected chi connectivity index (χ1v) is 7.64. The molecule has 0 aromatic heterocycles. The van der Waals surface area contributed by atoms with Gasteiger partial charge < -0.3 is 10.4 Å². The quantitative estimate of drug-likeness (QED) is 0.878. The highest BCUT2D eigenvalue weighted by Crippen LogP contribution is 2.36. The first-order valence-electron chi connectivity index (χ1n) is 6.88. The van der Waals surface area contributed by atoms with E-state index >= 15 is 0 Å². The molecule has 114 valence electrons. The number of anilines is 1. The van der Waals surface area contributed by atoms with E-state index in [2.05, 4.69) is 5.32 Å². The maximum atomic E-state index is 12.5. The minimum absolute atomic E-state index is 0.0366. The summed E-state index contributed by atoms with van der Waals surface area (Å²) in [5.74, 6) is -2.33. The van der Waals surface area contributed by atoms with Gasteiger partial charge in [0.25, 0.3) is 0 Å². The van der Waals surface area contributed by atoms with Gasteiger partial charge in [-0.05, 0) is 37.0 Å². The van der Waals surface area contributed by atoms with Crippen LogP contribution in [0.15, 0.2) is 18.2 Å². The molecular weight excluding hydrogens is 313 g/mol. The molecule has 21 heavy (non-hydrogen) atoms. The van der Waals surface area contributed by atoms with Gasteiger partial charge in [0.15, 0.2) is 0 Å². The van der Waals surface area contributed by atoms with Crippen molar-refractivity contribution in [2.24, 2.45) is 17.8 Å². The van der Waals surface area contributed by atoms with E-state index in [9.17, 15) is 14.7 Å². The van der Waals surface area contributed by atoms with Crippen molar-refractivity contribution >= 4 is 40.8 Å². The van der Waals surface area contributed by atoms with Crippen molar-refractivity contribution in [2.45, 2.75) is 26.2 Å². The number of rotatable bonds is 3. The van der Waals surface area contributed by atoms with Crippen LogP contribution in [0, 0.1) is 17.8 Å². The summed E-state index contributed by atoms with van der Waals surface area (Å²) >= 11 is 11.8. The molecule has 6 heteroatoms. The molecule has 0 saturated heterocycles. The minimum Gasteiger partial charge on any atom is -0.481 e. The van der Waals surface area contributed by atoms with E-state index < -0.39 is 17.8 Å². The fourth-order valence-corrected chi connectivity index (χ4v) is 3.51. The molecule has 3 atom stereocenters. The summed E-state index contributed by atoms with van der Waals surface area (Å²) in [5, 5.41) is 12.9. The summed E-state index contributed by atoms with van der Waals surface area (Å²) < 4.78 is 0. The van der Waals surface area contributed by atoms with E-state index in [-0.39, 0.29) is 11.8 Å². The lowest BCUT2D eigenvalue weighted by Crippen LogP contribution is -2.40. The van der Waals surface area contributed by atoms with Gasteiger partial charge in [-0.25, -0.2) is 0 Å². The second kappa shape index (κ2) is 6.67. The predicted octanol–water partition coefficient (Wildman–Crippen LogP) is 4.07. The molecule has 0 aliphatic heterocycles. The molecule has 1 aliphatic rings. The third-order valence-corrected chi connectivity index (χ3v) is 4.41. The fraction of sp³-hybridized carbons (Fsp3) is 0.467. The highest BCUT2D eigenvalue weighted by atomic mass is 35.5. The van der Waals surface area contributed by atoms with E-state index in [0.29, 0.717) is 22.2 Å². The minimum atomic E-state index is -0.911. The van der Waals surface area contributed by atoms with Crippen LogP contribution in [0.4, 0.5) is 5.69 Å². The topological polar surface area (TPSA) is 66.4 Å². The van der Waals surface area contributed by atoms with Crippen molar-refractivity contribution in [2.75, 3.05) is 5.32 Å². The van der Waals surface area contributed by atoms with Crippen LogP contribution in [0.5, 0.6) is 0 Å². The van der Waals surface area contributed by atoms with Gasteiger partial charge in [-0.1, -0.05) is 36.5 Å². The van der Waals surface area contributed by atoms with E-state index in [1.54, 1.807) is 18.2 Å². The molecule has 1 aromatic rings. The number of benzene rings is 1. The van der Waals surface area contributed by atoms with E-state index in [4.69, 9.17) is 23.2 Å². The standard InChI is InChI=1S/C15H17Cl2NO3/c1-8-3-2-4-12(15(20)21)13(8)14(19)18-11-6-9(16)5-10(17)7-11/h5-8,12-13H,2-4H2,1H3,(H,18,19)(H,20,21). The number of carbonyl (C=O) groups is 2. The number of carboxylic acids is 1. The van der Waals surface area contributed by atoms with E-state index in [1.807, 2.05) is 6.92 Å². The maximum absolute atomic E-state index is 12.5. The summed E-state index contributed by atoms with van der Waals surface area (Å²) in [5.41, 5.74) is 0.486. The van der Waals surface area contributed by atoms with Crippen LogP contribution in [0.25, 0.3) is 0 Å². The molecule has 1 saturated carbocycles. The molecule has 1 fully saturated rings. The maximum Gasteiger partial charge on any atom is 0.307 e. The fourth-order valence-electron chi connectivity index (χ4n) is 2.99. The number of nitrogens with one attached hydrogen (secondary N) is 1. The zero-order chi connectivity index (χ0) is 15.6. The lowest BCUT2D eigenvalue weighted by atomic mass is 9.72. The normalized spacial score (nSPS) is 25.4. The first kappa shape index (κ1) is 16.1. The van der Waals surface area contributed by atoms with Crippen LogP contribution in [0.1, 0.15) is 26.2 Å². The Kier molecular flexibility index (Phi) is 5.12. The summed E-state index contributed by atoms with van der Waals surface area (Å²) in [6.45, 7) is 1.92. The Labute approximate surface area is 133 Å². The Bertz CT molecular complexity index is 542. The number of amides is 1. The van der Waals surface area contributed by atoms with Crippen LogP contribution in [-0.4, -0.2) is 17.0 Å². The summed E-state index contributed by atoms with van der Waals surface area (Å²) in [7, 11) is 0. The average molecular weight is 330 g/mol. The Balaban J connectivity index is 2.18. The van der Waals surface area contributed by atoms with Crippen molar-refractivity contribution in [1.29, 1.82) is 0 Å². The molecule has 0 spiro atoms. The van der Waals surface area contributed by atoms with Crippen molar-refractivity contribution in [1.82, 2.24) is 0 Å². The highest BCUT2D eigenvalue weighted by molar-refractivity contribution is 6.35. The van der Waals surface area contributed by atoms with Crippen molar-refractivity contribution in [3.8, 4) is 0 Å². The van der Waals surface area contributed by atoms with Gasteiger partial charge in [0, 0.05) is 15.7 Å². The second-order valence-electron chi connectivity index (χ2n) is 5.53. The number of carbonyl (C=O) groups excluding carboxylic acids is 1. The molecule has 3 unspecified atom stereocenters. The number of hydrogen-bond acceptors (Lipinski definition) is 2. The van der Waals surface area contributed by atoms with Gasteiger partial charge in [0.1, 0.15) is 0 Å². The van der Waals surface area contributed by atoms with Crippen LogP contribution in [0.3, 0.4) is 0 Å². The number of carboxylic acid groups (broad SMARTS) is 1. The Morgan fingerprint density at radius 3 is 2.38 bits per heavy atom. The van der Waals surface area contributed by atoms with Crippen LogP contribution < -0.4 is 5.32 Å². The highest BCUT2D eigenvalue weighted by Gasteiger charge is 2.40. The predicted molar refractivity (Wildman–Crippen MR) is 82.7 cm³/mol. The Morgan fingerprint density at radius 1 is 1.19 bits per heavy atom. The van der Waals surface area contributed by atoms with Gasteiger partial charge in [-0.3, -0.25) is 9.59 Å². The van der Waals surface area contributed by atoms with Crippen LogP contribution in [-0.2, 0) is 9.59 Å². The lowest BCUT2D eigenvalue weighted by Gasteiger charge is -2.33. The van der Waals surface area contributed by atoms with Crippen molar-refractivity contribution < 1.29 is 14.7 Å². The zero-order valence-corrected chi connectivity index (χ0v) is 13.1. The number of hydrogen-bond donors (Lipinski definition) is 2. The monoisotopic (exact) mass is 329 g/mol. The van der Waals surface area contributed by atoms with Crippen LogP contribution >= 0.6 is 23.2 Å². The van der Waals surface area contributed by atoms with Gasteiger partial charge in [-0.2, -0.15) is 0 Å². The van der Waals surface area contributed by atoms with E-state index in [0.717, 1.165) is 12.8 Å². The molecule has 2 rings (SSSR count).